The number of nitrogens with one attached hydrogen (secondary N) is 1. The van der Waals surface area contributed by atoms with E-state index >= 15 is 0 Å². The van der Waals surface area contributed by atoms with Gasteiger partial charge in [-0.05, 0) is 31.0 Å². The summed E-state index contributed by atoms with van der Waals surface area (Å²) < 4.78 is 0. The van der Waals surface area contributed by atoms with Crippen molar-refractivity contribution in [3.05, 3.63) is 35.4 Å². The van der Waals surface area contributed by atoms with Crippen LogP contribution in [0.4, 0.5) is 0 Å². The average Bonchev–Trinajstić information content (AvgIpc) is 2.18. The Labute approximate surface area is 86.0 Å². The van der Waals surface area contributed by atoms with Gasteiger partial charge in [0.2, 0.25) is 0 Å². The molecule has 2 nitrogen and oxygen atoms in total. The summed E-state index contributed by atoms with van der Waals surface area (Å²) in [4.78, 5) is 0. The highest BCUT2D eigenvalue weighted by atomic mass is 16.3. The van der Waals surface area contributed by atoms with Crippen LogP contribution < -0.4 is 5.32 Å². The Balaban J connectivity index is 2.47. The maximum atomic E-state index is 9.70. The van der Waals surface area contributed by atoms with Crippen LogP contribution in [0, 0.1) is 6.92 Å². The molecule has 0 radical (unpaired) electrons. The summed E-state index contributed by atoms with van der Waals surface area (Å²) in [6.45, 7) is 5.70. The van der Waals surface area contributed by atoms with Gasteiger partial charge >= 0.3 is 0 Å². The Morgan fingerprint density at radius 3 is 2.71 bits per heavy atom. The number of aryl methyl sites for hydroxylation is 1. The lowest BCUT2D eigenvalue weighted by atomic mass is 10.0. The van der Waals surface area contributed by atoms with E-state index < -0.39 is 0 Å². The lowest BCUT2D eigenvalue weighted by Crippen LogP contribution is -2.28. The number of aliphatic hydroxyl groups excluding tert-OH is 1. The third-order valence-electron chi connectivity index (χ3n) is 2.35. The topological polar surface area (TPSA) is 32.3 Å². The molecule has 1 aromatic rings. The second kappa shape index (κ2) is 5.78. The number of hydrogen-bond donors (Lipinski definition) is 2. The van der Waals surface area contributed by atoms with Crippen LogP contribution in [-0.2, 0) is 6.42 Å². The highest BCUT2D eigenvalue weighted by Crippen LogP contribution is 2.09. The average molecular weight is 193 g/mol. The molecule has 0 bridgehead atoms. The Bertz CT molecular complexity index is 273. The summed E-state index contributed by atoms with van der Waals surface area (Å²) in [6, 6.07) is 8.19. The van der Waals surface area contributed by atoms with Crippen LogP contribution in [0.5, 0.6) is 0 Å². The first-order valence-electron chi connectivity index (χ1n) is 5.17. The first kappa shape index (κ1) is 11.2. The molecule has 1 atom stereocenters. The number of benzene rings is 1. The van der Waals surface area contributed by atoms with Gasteiger partial charge in [0, 0.05) is 6.54 Å². The maximum Gasteiger partial charge on any atom is 0.0704 e. The van der Waals surface area contributed by atoms with Crippen molar-refractivity contribution in [3.63, 3.8) is 0 Å². The monoisotopic (exact) mass is 193 g/mol. The van der Waals surface area contributed by atoms with Crippen molar-refractivity contribution in [1.29, 1.82) is 0 Å². The number of likely N-dealkylation sites (N-methyl/N-ethyl adjacent to an activating group) is 1. The lowest BCUT2D eigenvalue weighted by Gasteiger charge is -2.12. The summed E-state index contributed by atoms with van der Waals surface area (Å²) in [5.41, 5.74) is 2.49. The maximum absolute atomic E-state index is 9.70. The molecule has 1 aromatic carbocycles. The van der Waals surface area contributed by atoms with Crippen LogP contribution in [-0.4, -0.2) is 24.3 Å². The summed E-state index contributed by atoms with van der Waals surface area (Å²) in [5.74, 6) is 0. The number of aliphatic hydroxyl groups is 1. The predicted octanol–water partition coefficient (Wildman–Crippen LogP) is 1.51. The van der Waals surface area contributed by atoms with Crippen molar-refractivity contribution in [2.45, 2.75) is 26.4 Å². The fourth-order valence-electron chi connectivity index (χ4n) is 1.48. The van der Waals surface area contributed by atoms with Gasteiger partial charge in [0.1, 0.15) is 0 Å². The third-order valence-corrected chi connectivity index (χ3v) is 2.35. The van der Waals surface area contributed by atoms with Gasteiger partial charge in [-0.1, -0.05) is 31.2 Å². The van der Waals surface area contributed by atoms with Gasteiger partial charge in [-0.2, -0.15) is 0 Å². The SMILES string of the molecule is CCNCC(O)Cc1ccccc1C. The van der Waals surface area contributed by atoms with Gasteiger partial charge in [0.05, 0.1) is 6.10 Å². The van der Waals surface area contributed by atoms with Crippen LogP contribution in [0.2, 0.25) is 0 Å². The third kappa shape index (κ3) is 3.48. The minimum atomic E-state index is -0.281. The summed E-state index contributed by atoms with van der Waals surface area (Å²) >= 11 is 0. The van der Waals surface area contributed by atoms with E-state index in [4.69, 9.17) is 0 Å². The van der Waals surface area contributed by atoms with Crippen LogP contribution in [0.1, 0.15) is 18.1 Å². The molecule has 0 spiro atoms. The summed E-state index contributed by atoms with van der Waals surface area (Å²) in [6.07, 6.45) is 0.454. The molecule has 14 heavy (non-hydrogen) atoms. The van der Waals surface area contributed by atoms with Crippen molar-refractivity contribution < 1.29 is 5.11 Å². The fourth-order valence-corrected chi connectivity index (χ4v) is 1.48. The van der Waals surface area contributed by atoms with Crippen LogP contribution in [0.25, 0.3) is 0 Å². The lowest BCUT2D eigenvalue weighted by molar-refractivity contribution is 0.172. The Morgan fingerprint density at radius 2 is 2.07 bits per heavy atom. The fraction of sp³-hybridized carbons (Fsp3) is 0.500. The van der Waals surface area contributed by atoms with Gasteiger partial charge in [-0.15, -0.1) is 0 Å². The van der Waals surface area contributed by atoms with Gasteiger partial charge in [-0.25, -0.2) is 0 Å². The number of rotatable bonds is 5. The Morgan fingerprint density at radius 1 is 1.36 bits per heavy atom. The van der Waals surface area contributed by atoms with Crippen molar-refractivity contribution in [2.75, 3.05) is 13.1 Å². The second-order valence-electron chi connectivity index (χ2n) is 3.59. The molecule has 0 aliphatic carbocycles. The van der Waals surface area contributed by atoms with Crippen LogP contribution >= 0.6 is 0 Å². The molecule has 0 saturated carbocycles. The van der Waals surface area contributed by atoms with E-state index in [1.54, 1.807) is 0 Å². The molecule has 2 N–H and O–H groups in total. The molecular formula is C12H19NO. The van der Waals surface area contributed by atoms with Gasteiger partial charge in [-0.3, -0.25) is 0 Å². The van der Waals surface area contributed by atoms with Crippen molar-refractivity contribution in [1.82, 2.24) is 5.32 Å². The molecule has 0 aromatic heterocycles. The molecule has 0 amide bonds. The molecule has 0 heterocycles. The highest BCUT2D eigenvalue weighted by Gasteiger charge is 2.05. The molecule has 0 aliphatic rings. The summed E-state index contributed by atoms with van der Waals surface area (Å²) in [7, 11) is 0. The predicted molar refractivity (Wildman–Crippen MR) is 59.4 cm³/mol. The molecule has 2 heteroatoms. The van der Waals surface area contributed by atoms with E-state index in [0.29, 0.717) is 6.54 Å². The zero-order valence-electron chi connectivity index (χ0n) is 8.96. The standard InChI is InChI=1S/C12H19NO/c1-3-13-9-12(14)8-11-7-5-4-6-10(11)2/h4-7,12-14H,3,8-9H2,1-2H3. The normalized spacial score (nSPS) is 12.8. The number of hydrogen-bond acceptors (Lipinski definition) is 2. The Kier molecular flexibility index (Phi) is 4.63. The molecular weight excluding hydrogens is 174 g/mol. The van der Waals surface area contributed by atoms with Crippen LogP contribution in [0.3, 0.4) is 0 Å². The van der Waals surface area contributed by atoms with E-state index in [2.05, 4.69) is 24.4 Å². The van der Waals surface area contributed by atoms with E-state index in [1.807, 2.05) is 19.1 Å². The molecule has 0 saturated heterocycles. The molecule has 1 rings (SSSR count). The zero-order valence-corrected chi connectivity index (χ0v) is 8.96. The second-order valence-corrected chi connectivity index (χ2v) is 3.59. The first-order valence-corrected chi connectivity index (χ1v) is 5.17. The molecule has 0 fully saturated rings. The minimum absolute atomic E-state index is 0.281. The van der Waals surface area contributed by atoms with Crippen molar-refractivity contribution in [3.8, 4) is 0 Å². The van der Waals surface area contributed by atoms with E-state index in [-0.39, 0.29) is 6.10 Å². The van der Waals surface area contributed by atoms with Gasteiger partial charge in [0.25, 0.3) is 0 Å². The Hall–Kier alpha value is -0.860. The van der Waals surface area contributed by atoms with E-state index in [1.165, 1.54) is 11.1 Å². The zero-order chi connectivity index (χ0) is 10.4. The quantitative estimate of drug-likeness (QED) is 0.743. The first-order chi connectivity index (χ1) is 6.74. The highest BCUT2D eigenvalue weighted by molar-refractivity contribution is 5.26. The summed E-state index contributed by atoms with van der Waals surface area (Å²) in [5, 5.41) is 12.8. The molecule has 0 aliphatic heterocycles. The van der Waals surface area contributed by atoms with Gasteiger partial charge < -0.3 is 10.4 Å². The molecule has 78 valence electrons. The molecule has 1 unspecified atom stereocenters. The van der Waals surface area contributed by atoms with E-state index in [0.717, 1.165) is 13.0 Å². The largest absolute Gasteiger partial charge is 0.391 e. The minimum Gasteiger partial charge on any atom is -0.391 e. The van der Waals surface area contributed by atoms with Crippen LogP contribution in [0.15, 0.2) is 24.3 Å². The van der Waals surface area contributed by atoms with Crippen molar-refractivity contribution >= 4 is 0 Å². The van der Waals surface area contributed by atoms with Gasteiger partial charge in [0.15, 0.2) is 0 Å². The smallest absolute Gasteiger partial charge is 0.0704 e. The van der Waals surface area contributed by atoms with E-state index in [9.17, 15) is 5.11 Å². The van der Waals surface area contributed by atoms with Crippen molar-refractivity contribution in [2.24, 2.45) is 0 Å².